The Balaban J connectivity index is 1.49. The van der Waals surface area contributed by atoms with Crippen LogP contribution >= 0.6 is 11.3 Å². The fourth-order valence-corrected chi connectivity index (χ4v) is 5.22. The number of hydrogen-bond acceptors (Lipinski definition) is 6. The van der Waals surface area contributed by atoms with E-state index in [0.717, 1.165) is 32.5 Å². The Bertz CT molecular complexity index is 1390. The summed E-state index contributed by atoms with van der Waals surface area (Å²) >= 11 is 1.38. The van der Waals surface area contributed by atoms with E-state index in [4.69, 9.17) is 14.2 Å². The first kappa shape index (κ1) is 21.0. The van der Waals surface area contributed by atoms with Crippen molar-refractivity contribution in [1.82, 2.24) is 0 Å². The van der Waals surface area contributed by atoms with E-state index < -0.39 is 5.97 Å². The minimum Gasteiger partial charge on any atom is -0.465 e. The van der Waals surface area contributed by atoms with Crippen molar-refractivity contribution in [1.29, 1.82) is 0 Å². The van der Waals surface area contributed by atoms with Crippen molar-refractivity contribution in [2.75, 3.05) is 19.2 Å². The molecule has 1 amide bonds. The van der Waals surface area contributed by atoms with Crippen molar-refractivity contribution in [2.45, 2.75) is 13.3 Å². The Hall–Kier alpha value is -3.84. The molecule has 3 aromatic carbocycles. The maximum atomic E-state index is 13.2. The molecule has 1 aliphatic rings. The van der Waals surface area contributed by atoms with E-state index in [-0.39, 0.29) is 12.7 Å². The highest BCUT2D eigenvalue weighted by atomic mass is 32.1. The van der Waals surface area contributed by atoms with Crippen LogP contribution in [0.3, 0.4) is 0 Å². The zero-order valence-electron chi connectivity index (χ0n) is 18.1. The number of amides is 1. The first-order chi connectivity index (χ1) is 16.0. The largest absolute Gasteiger partial charge is 0.465 e. The van der Waals surface area contributed by atoms with Crippen LogP contribution in [-0.4, -0.2) is 25.8 Å². The van der Waals surface area contributed by atoms with E-state index in [1.54, 1.807) is 6.07 Å². The lowest BCUT2D eigenvalue weighted by atomic mass is 10.0. The number of thiophene rings is 1. The second-order valence-electron chi connectivity index (χ2n) is 7.69. The molecule has 0 aliphatic carbocycles. The van der Waals surface area contributed by atoms with Crippen molar-refractivity contribution in [3.05, 3.63) is 87.8 Å². The Morgan fingerprint density at radius 1 is 1.03 bits per heavy atom. The maximum absolute atomic E-state index is 13.2. The van der Waals surface area contributed by atoms with Gasteiger partial charge in [-0.3, -0.25) is 4.79 Å². The molecule has 0 spiro atoms. The first-order valence-corrected chi connectivity index (χ1v) is 11.2. The number of benzene rings is 3. The van der Waals surface area contributed by atoms with Crippen molar-refractivity contribution in [3.8, 4) is 11.5 Å². The number of methoxy groups -OCH3 is 1. The molecular formula is C26H21NO5S. The van der Waals surface area contributed by atoms with Crippen molar-refractivity contribution >= 4 is 39.0 Å². The van der Waals surface area contributed by atoms with Gasteiger partial charge in [0.05, 0.1) is 12.7 Å². The van der Waals surface area contributed by atoms with Crippen LogP contribution in [0.2, 0.25) is 0 Å². The number of carbonyl (C=O) groups is 2. The zero-order chi connectivity index (χ0) is 22.9. The summed E-state index contributed by atoms with van der Waals surface area (Å²) in [6.45, 7) is 2.09. The van der Waals surface area contributed by atoms with Gasteiger partial charge in [0.1, 0.15) is 5.00 Å². The molecule has 0 atom stereocenters. The predicted octanol–water partition coefficient (Wildman–Crippen LogP) is 5.57. The molecule has 0 fully saturated rings. The van der Waals surface area contributed by atoms with Gasteiger partial charge in [-0.2, -0.15) is 0 Å². The normalized spacial score (nSPS) is 12.1. The minimum atomic E-state index is -0.478. The summed E-state index contributed by atoms with van der Waals surface area (Å²) in [5.41, 5.74) is 2.74. The molecule has 0 radical (unpaired) electrons. The number of esters is 1. The highest BCUT2D eigenvalue weighted by molar-refractivity contribution is 7.17. The fourth-order valence-electron chi connectivity index (χ4n) is 4.00. The Morgan fingerprint density at radius 2 is 1.82 bits per heavy atom. The van der Waals surface area contributed by atoms with Crippen LogP contribution in [0.1, 0.15) is 36.7 Å². The lowest BCUT2D eigenvalue weighted by molar-refractivity contribution is 0.0601. The zero-order valence-corrected chi connectivity index (χ0v) is 19.0. The third kappa shape index (κ3) is 3.91. The van der Waals surface area contributed by atoms with Gasteiger partial charge < -0.3 is 19.5 Å². The third-order valence-corrected chi connectivity index (χ3v) is 6.91. The van der Waals surface area contributed by atoms with Crippen LogP contribution in [0.15, 0.2) is 60.7 Å². The summed E-state index contributed by atoms with van der Waals surface area (Å²) in [5.74, 6) is 0.682. The maximum Gasteiger partial charge on any atom is 0.341 e. The highest BCUT2D eigenvalue weighted by Gasteiger charge is 2.24. The predicted molar refractivity (Wildman–Crippen MR) is 128 cm³/mol. The second-order valence-corrected chi connectivity index (χ2v) is 8.80. The van der Waals surface area contributed by atoms with Crippen LogP contribution in [-0.2, 0) is 11.2 Å². The van der Waals surface area contributed by atoms with E-state index in [0.29, 0.717) is 28.3 Å². The van der Waals surface area contributed by atoms with Gasteiger partial charge in [0.2, 0.25) is 6.79 Å². The molecule has 7 heteroatoms. The molecular weight excluding hydrogens is 438 g/mol. The molecule has 5 rings (SSSR count). The standard InChI is InChI=1S/C26H21NO5S/c1-15-22(13-16-10-11-20-21(12-16)32-14-31-20)33-25(23(15)26(29)30-2)27-24(28)19-9-5-7-17-6-3-4-8-18(17)19/h3-12H,13-14H2,1-2H3,(H,27,28). The second kappa shape index (κ2) is 8.60. The molecule has 1 N–H and O–H groups in total. The van der Waals surface area contributed by atoms with Crippen LogP contribution < -0.4 is 14.8 Å². The smallest absolute Gasteiger partial charge is 0.341 e. The fraction of sp³-hybridized carbons (Fsp3) is 0.154. The molecule has 33 heavy (non-hydrogen) atoms. The van der Waals surface area contributed by atoms with E-state index >= 15 is 0 Å². The molecule has 0 bridgehead atoms. The summed E-state index contributed by atoms with van der Waals surface area (Å²) in [5, 5.41) is 5.27. The number of ether oxygens (including phenoxy) is 3. The molecule has 0 saturated heterocycles. The monoisotopic (exact) mass is 459 g/mol. The van der Waals surface area contributed by atoms with Gasteiger partial charge in [-0.05, 0) is 47.0 Å². The number of anilines is 1. The van der Waals surface area contributed by atoms with Crippen LogP contribution in [0.4, 0.5) is 5.00 Å². The molecule has 2 heterocycles. The lowest BCUT2D eigenvalue weighted by Gasteiger charge is -2.08. The van der Waals surface area contributed by atoms with Crippen LogP contribution in [0.5, 0.6) is 11.5 Å². The topological polar surface area (TPSA) is 73.9 Å². The van der Waals surface area contributed by atoms with Gasteiger partial charge in [-0.25, -0.2) is 4.79 Å². The summed E-state index contributed by atoms with van der Waals surface area (Å²) < 4.78 is 15.9. The van der Waals surface area contributed by atoms with Gasteiger partial charge in [0.25, 0.3) is 5.91 Å². The minimum absolute atomic E-state index is 0.216. The lowest BCUT2D eigenvalue weighted by Crippen LogP contribution is -2.14. The Kier molecular flexibility index (Phi) is 5.48. The number of hydrogen-bond donors (Lipinski definition) is 1. The molecule has 1 aromatic heterocycles. The quantitative estimate of drug-likeness (QED) is 0.395. The average Bonchev–Trinajstić information content (AvgIpc) is 3.42. The number of carbonyl (C=O) groups excluding carboxylic acids is 2. The number of nitrogens with one attached hydrogen (secondary N) is 1. The third-order valence-electron chi connectivity index (χ3n) is 5.70. The van der Waals surface area contributed by atoms with E-state index in [2.05, 4.69) is 5.32 Å². The summed E-state index contributed by atoms with van der Waals surface area (Å²) in [7, 11) is 1.34. The van der Waals surface area contributed by atoms with Crippen LogP contribution in [0, 0.1) is 6.92 Å². The number of rotatable bonds is 5. The Labute approximate surface area is 194 Å². The van der Waals surface area contributed by atoms with E-state index in [1.165, 1.54) is 18.4 Å². The first-order valence-electron chi connectivity index (χ1n) is 10.4. The average molecular weight is 460 g/mol. The SMILES string of the molecule is COC(=O)c1c(NC(=O)c2cccc3ccccc23)sc(Cc2ccc3c(c2)OCO3)c1C. The summed E-state index contributed by atoms with van der Waals surface area (Å²) in [4.78, 5) is 26.8. The van der Waals surface area contributed by atoms with Gasteiger partial charge in [0.15, 0.2) is 11.5 Å². The van der Waals surface area contributed by atoms with E-state index in [9.17, 15) is 9.59 Å². The van der Waals surface area contributed by atoms with Gasteiger partial charge in [-0.1, -0.05) is 42.5 Å². The summed E-state index contributed by atoms with van der Waals surface area (Å²) in [6, 6.07) is 19.1. The van der Waals surface area contributed by atoms with Crippen molar-refractivity contribution in [2.24, 2.45) is 0 Å². The molecule has 1 aliphatic heterocycles. The van der Waals surface area contributed by atoms with E-state index in [1.807, 2.05) is 61.5 Å². The van der Waals surface area contributed by atoms with Gasteiger partial charge in [0, 0.05) is 16.9 Å². The number of fused-ring (bicyclic) bond motifs is 2. The summed E-state index contributed by atoms with van der Waals surface area (Å²) in [6.07, 6.45) is 0.585. The molecule has 166 valence electrons. The van der Waals surface area contributed by atoms with Crippen molar-refractivity contribution < 1.29 is 23.8 Å². The van der Waals surface area contributed by atoms with Crippen LogP contribution in [0.25, 0.3) is 10.8 Å². The molecule has 6 nitrogen and oxygen atoms in total. The Morgan fingerprint density at radius 3 is 2.67 bits per heavy atom. The molecule has 0 unspecified atom stereocenters. The van der Waals surface area contributed by atoms with Gasteiger partial charge >= 0.3 is 5.97 Å². The van der Waals surface area contributed by atoms with Gasteiger partial charge in [-0.15, -0.1) is 11.3 Å². The van der Waals surface area contributed by atoms with Crippen molar-refractivity contribution in [3.63, 3.8) is 0 Å². The molecule has 0 saturated carbocycles. The highest BCUT2D eigenvalue weighted by Crippen LogP contribution is 2.38. The molecule has 4 aromatic rings.